The second-order valence-corrected chi connectivity index (χ2v) is 8.17. The van der Waals surface area contributed by atoms with E-state index in [1.807, 2.05) is 49.4 Å². The van der Waals surface area contributed by atoms with E-state index in [1.54, 1.807) is 19.1 Å². The van der Waals surface area contributed by atoms with E-state index in [4.69, 9.17) is 4.74 Å². The third-order valence-corrected chi connectivity index (χ3v) is 5.63. The van der Waals surface area contributed by atoms with Gasteiger partial charge in [-0.2, -0.15) is 0 Å². The average Bonchev–Trinajstić information content (AvgIpc) is 2.79. The summed E-state index contributed by atoms with van der Waals surface area (Å²) in [7, 11) is 0. The second-order valence-electron chi connectivity index (χ2n) is 8.17. The molecule has 2 amide bonds. The Morgan fingerprint density at radius 2 is 1.62 bits per heavy atom. The van der Waals surface area contributed by atoms with Gasteiger partial charge in [0.25, 0.3) is 0 Å². The number of aliphatic hydroxyl groups excluding tert-OH is 3. The minimum absolute atomic E-state index is 0.274. The molecule has 0 aliphatic carbocycles. The van der Waals surface area contributed by atoms with Crippen LogP contribution in [0.5, 0.6) is 0 Å². The zero-order valence-electron chi connectivity index (χ0n) is 18.1. The van der Waals surface area contributed by atoms with Crippen molar-refractivity contribution in [1.29, 1.82) is 0 Å². The van der Waals surface area contributed by atoms with E-state index in [0.29, 0.717) is 12.1 Å². The van der Waals surface area contributed by atoms with Gasteiger partial charge in [0.1, 0.15) is 24.4 Å². The standard InChI is InChI=1S/C24H30N2O6/c1-14-8-10-17(11-9-14)20(24(31)25-13-16-6-4-3-5-7-16)26-19(27)12-18-22(29)23(30)21(28)15(2)32-18/h3-11,15,18,20-23,28-30H,12-13H2,1-2H3,(H,25,31)(H,26,27)/t15-,18-,20?,21+,22+,23+/m0/s1. The number of amides is 2. The van der Waals surface area contributed by atoms with Crippen LogP contribution in [0.4, 0.5) is 0 Å². The lowest BCUT2D eigenvalue weighted by molar-refractivity contribution is -0.218. The number of carbonyl (C=O) groups is 2. The van der Waals surface area contributed by atoms with Gasteiger partial charge in [0.05, 0.1) is 18.6 Å². The number of rotatable bonds is 7. The van der Waals surface area contributed by atoms with Crippen molar-refractivity contribution in [3.63, 3.8) is 0 Å². The van der Waals surface area contributed by atoms with Crippen LogP contribution >= 0.6 is 0 Å². The number of carbonyl (C=O) groups excluding carboxylic acids is 2. The molecule has 32 heavy (non-hydrogen) atoms. The van der Waals surface area contributed by atoms with Crippen molar-refractivity contribution < 1.29 is 29.6 Å². The molecule has 8 heteroatoms. The Bertz CT molecular complexity index is 904. The molecular formula is C24H30N2O6. The Balaban J connectivity index is 1.69. The van der Waals surface area contributed by atoms with E-state index in [9.17, 15) is 24.9 Å². The fraction of sp³-hybridized carbons (Fsp3) is 0.417. The van der Waals surface area contributed by atoms with Crippen LogP contribution in [0.2, 0.25) is 0 Å². The van der Waals surface area contributed by atoms with E-state index in [1.165, 1.54) is 0 Å². The van der Waals surface area contributed by atoms with Gasteiger partial charge in [0.2, 0.25) is 11.8 Å². The minimum Gasteiger partial charge on any atom is -0.388 e. The number of hydrogen-bond donors (Lipinski definition) is 5. The quantitative estimate of drug-likeness (QED) is 0.430. The van der Waals surface area contributed by atoms with Gasteiger partial charge in [0.15, 0.2) is 0 Å². The third-order valence-electron chi connectivity index (χ3n) is 5.63. The van der Waals surface area contributed by atoms with Crippen LogP contribution in [0.3, 0.4) is 0 Å². The Hall–Kier alpha value is -2.78. The van der Waals surface area contributed by atoms with Crippen LogP contribution in [-0.4, -0.2) is 57.7 Å². The smallest absolute Gasteiger partial charge is 0.247 e. The molecule has 1 saturated heterocycles. The molecule has 172 valence electrons. The maximum absolute atomic E-state index is 13.0. The molecule has 0 aromatic heterocycles. The van der Waals surface area contributed by atoms with Gasteiger partial charge in [0, 0.05) is 6.54 Å². The molecule has 0 bridgehead atoms. The van der Waals surface area contributed by atoms with E-state index in [0.717, 1.165) is 11.1 Å². The molecule has 2 aromatic carbocycles. The number of hydrogen-bond acceptors (Lipinski definition) is 6. The normalized spacial score (nSPS) is 26.2. The SMILES string of the molecule is Cc1ccc(C(NC(=O)C[C@@H]2O[C@@H](C)[C@@H](O)[C@@H](O)[C@@H]2O)C(=O)NCc2ccccc2)cc1. The second kappa shape index (κ2) is 10.7. The first-order valence-electron chi connectivity index (χ1n) is 10.6. The fourth-order valence-electron chi connectivity index (χ4n) is 3.65. The zero-order valence-corrected chi connectivity index (χ0v) is 18.1. The monoisotopic (exact) mass is 442 g/mol. The maximum atomic E-state index is 13.0. The number of nitrogens with one attached hydrogen (secondary N) is 2. The van der Waals surface area contributed by atoms with Crippen molar-refractivity contribution in [2.75, 3.05) is 0 Å². The van der Waals surface area contributed by atoms with Crippen LogP contribution < -0.4 is 10.6 Å². The Kier molecular flexibility index (Phi) is 7.98. The van der Waals surface area contributed by atoms with E-state index in [2.05, 4.69) is 10.6 Å². The van der Waals surface area contributed by atoms with Crippen molar-refractivity contribution in [2.24, 2.45) is 0 Å². The van der Waals surface area contributed by atoms with Gasteiger partial charge in [-0.05, 0) is 25.0 Å². The van der Waals surface area contributed by atoms with Crippen molar-refractivity contribution in [2.45, 2.75) is 63.4 Å². The molecule has 1 fully saturated rings. The van der Waals surface area contributed by atoms with Gasteiger partial charge >= 0.3 is 0 Å². The fourth-order valence-corrected chi connectivity index (χ4v) is 3.65. The summed E-state index contributed by atoms with van der Waals surface area (Å²) in [5.41, 5.74) is 2.56. The highest BCUT2D eigenvalue weighted by molar-refractivity contribution is 5.88. The van der Waals surface area contributed by atoms with E-state index in [-0.39, 0.29) is 12.3 Å². The molecular weight excluding hydrogens is 412 g/mol. The summed E-state index contributed by atoms with van der Waals surface area (Å²) < 4.78 is 5.50. The van der Waals surface area contributed by atoms with Crippen LogP contribution in [0.15, 0.2) is 54.6 Å². The van der Waals surface area contributed by atoms with Crippen molar-refractivity contribution in [3.8, 4) is 0 Å². The molecule has 0 radical (unpaired) electrons. The van der Waals surface area contributed by atoms with E-state index >= 15 is 0 Å². The zero-order chi connectivity index (χ0) is 23.3. The lowest BCUT2D eigenvalue weighted by atomic mass is 9.93. The lowest BCUT2D eigenvalue weighted by Crippen LogP contribution is -2.57. The molecule has 6 atom stereocenters. The molecule has 1 aliphatic heterocycles. The summed E-state index contributed by atoms with van der Waals surface area (Å²) in [5.74, 6) is -0.898. The predicted molar refractivity (Wildman–Crippen MR) is 117 cm³/mol. The summed E-state index contributed by atoms with van der Waals surface area (Å²) in [4.78, 5) is 25.7. The highest BCUT2D eigenvalue weighted by atomic mass is 16.5. The molecule has 1 heterocycles. The summed E-state index contributed by atoms with van der Waals surface area (Å²) >= 11 is 0. The number of ether oxygens (including phenoxy) is 1. The molecule has 3 rings (SSSR count). The summed E-state index contributed by atoms with van der Waals surface area (Å²) in [5, 5.41) is 35.5. The number of benzene rings is 2. The summed E-state index contributed by atoms with van der Waals surface area (Å²) in [6.45, 7) is 3.79. The van der Waals surface area contributed by atoms with Crippen LogP contribution in [0, 0.1) is 6.92 Å². The van der Waals surface area contributed by atoms with Crippen molar-refractivity contribution >= 4 is 11.8 Å². The average molecular weight is 443 g/mol. The van der Waals surface area contributed by atoms with Gasteiger partial charge in [-0.25, -0.2) is 0 Å². The van der Waals surface area contributed by atoms with Crippen molar-refractivity contribution in [1.82, 2.24) is 10.6 Å². The van der Waals surface area contributed by atoms with Gasteiger partial charge in [-0.1, -0.05) is 60.2 Å². The van der Waals surface area contributed by atoms with Gasteiger partial charge < -0.3 is 30.7 Å². The molecule has 0 spiro atoms. The molecule has 0 saturated carbocycles. The van der Waals surface area contributed by atoms with Gasteiger partial charge in [-0.15, -0.1) is 0 Å². The molecule has 2 aromatic rings. The van der Waals surface area contributed by atoms with Gasteiger partial charge in [-0.3, -0.25) is 9.59 Å². The predicted octanol–water partition coefficient (Wildman–Crippen LogP) is 0.729. The highest BCUT2D eigenvalue weighted by Crippen LogP contribution is 2.23. The van der Waals surface area contributed by atoms with Crippen LogP contribution in [0.1, 0.15) is 36.1 Å². The molecule has 1 aliphatic rings. The Morgan fingerprint density at radius 1 is 0.969 bits per heavy atom. The van der Waals surface area contributed by atoms with E-state index < -0.39 is 42.5 Å². The summed E-state index contributed by atoms with van der Waals surface area (Å²) in [6.07, 6.45) is -6.10. The number of aliphatic hydroxyl groups is 3. The first-order valence-corrected chi connectivity index (χ1v) is 10.6. The van der Waals surface area contributed by atoms with Crippen LogP contribution in [0.25, 0.3) is 0 Å². The Morgan fingerprint density at radius 3 is 2.28 bits per heavy atom. The molecule has 8 nitrogen and oxygen atoms in total. The highest BCUT2D eigenvalue weighted by Gasteiger charge is 2.42. The van der Waals surface area contributed by atoms with Crippen molar-refractivity contribution in [3.05, 3.63) is 71.3 Å². The lowest BCUT2D eigenvalue weighted by Gasteiger charge is -2.39. The largest absolute Gasteiger partial charge is 0.388 e. The first kappa shape index (κ1) is 23.9. The summed E-state index contributed by atoms with van der Waals surface area (Å²) in [6, 6.07) is 15.7. The Labute approximate surface area is 187 Å². The molecule has 1 unspecified atom stereocenters. The third kappa shape index (κ3) is 5.92. The maximum Gasteiger partial charge on any atom is 0.247 e. The number of aryl methyl sites for hydroxylation is 1. The topological polar surface area (TPSA) is 128 Å². The minimum atomic E-state index is -1.42. The van der Waals surface area contributed by atoms with Crippen LogP contribution in [-0.2, 0) is 20.9 Å². The molecule has 5 N–H and O–H groups in total. The first-order chi connectivity index (χ1) is 15.3.